The van der Waals surface area contributed by atoms with Gasteiger partial charge in [-0.15, -0.1) is 0 Å². The minimum Gasteiger partial charge on any atom is -0.478 e. The van der Waals surface area contributed by atoms with E-state index in [9.17, 15) is 14.7 Å². The van der Waals surface area contributed by atoms with E-state index in [1.165, 1.54) is 19.4 Å². The topological polar surface area (TPSA) is 78.9 Å². The molecule has 0 aromatic heterocycles. The number of hydrogen-bond acceptors (Lipinski definition) is 4. The third-order valence-corrected chi connectivity index (χ3v) is 5.98. The fraction of sp³-hybridized carbons (Fsp3) is 0.462. The summed E-state index contributed by atoms with van der Waals surface area (Å²) in [6.07, 6.45) is 1.78. The Hall–Kier alpha value is -3.02. The highest BCUT2D eigenvalue weighted by atomic mass is 16.5. The van der Waals surface area contributed by atoms with Gasteiger partial charge >= 0.3 is 5.97 Å². The number of carbonyl (C=O) groups excluding carboxylic acids is 1. The third kappa shape index (κ3) is 6.02. The lowest BCUT2D eigenvalue weighted by Crippen LogP contribution is -2.43. The molecule has 1 saturated heterocycles. The van der Waals surface area contributed by atoms with E-state index in [1.54, 1.807) is 6.07 Å². The van der Waals surface area contributed by atoms with Crippen LogP contribution in [0.2, 0.25) is 0 Å². The average Bonchev–Trinajstić information content (AvgIpc) is 2.77. The molecule has 1 aliphatic heterocycles. The van der Waals surface area contributed by atoms with E-state index in [0.717, 1.165) is 30.6 Å². The van der Waals surface area contributed by atoms with Crippen LogP contribution < -0.4 is 15.0 Å². The fourth-order valence-corrected chi connectivity index (χ4v) is 3.86. The molecule has 1 fully saturated rings. The fourth-order valence-electron chi connectivity index (χ4n) is 3.86. The Kier molecular flexibility index (Phi) is 7.44. The Balaban J connectivity index is 1.59. The highest BCUT2D eigenvalue weighted by molar-refractivity contribution is 5.79. The van der Waals surface area contributed by atoms with Crippen LogP contribution >= 0.6 is 0 Å². The molecule has 0 unspecified atom stereocenters. The average molecular weight is 439 g/mol. The van der Waals surface area contributed by atoms with Crippen LogP contribution in [-0.4, -0.2) is 35.7 Å². The number of ether oxygens (including phenoxy) is 1. The van der Waals surface area contributed by atoms with Crippen molar-refractivity contribution in [1.82, 2.24) is 5.32 Å². The normalized spacial score (nSPS) is 16.7. The van der Waals surface area contributed by atoms with Crippen molar-refractivity contribution in [1.29, 1.82) is 0 Å². The van der Waals surface area contributed by atoms with Crippen molar-refractivity contribution in [3.05, 3.63) is 59.7 Å². The summed E-state index contributed by atoms with van der Waals surface area (Å²) in [5, 5.41) is 12.4. The van der Waals surface area contributed by atoms with Crippen molar-refractivity contribution < 1.29 is 19.4 Å². The second-order valence-corrected chi connectivity index (χ2v) is 9.31. The largest absolute Gasteiger partial charge is 0.478 e. The third-order valence-electron chi connectivity index (χ3n) is 5.98. The zero-order valence-corrected chi connectivity index (χ0v) is 19.4. The molecule has 1 aliphatic rings. The van der Waals surface area contributed by atoms with Gasteiger partial charge in [-0.1, -0.05) is 44.2 Å². The zero-order valence-electron chi connectivity index (χ0n) is 19.4. The molecule has 0 bridgehead atoms. The molecular formula is C26H34N2O4. The molecule has 0 aliphatic carbocycles. The lowest BCUT2D eigenvalue weighted by atomic mass is 9.96. The van der Waals surface area contributed by atoms with Crippen LogP contribution in [0.3, 0.4) is 0 Å². The van der Waals surface area contributed by atoms with E-state index in [-0.39, 0.29) is 11.8 Å². The summed E-state index contributed by atoms with van der Waals surface area (Å²) >= 11 is 0. The second kappa shape index (κ2) is 10.1. The molecule has 6 heteroatoms. The number of carbonyl (C=O) groups is 2. The summed E-state index contributed by atoms with van der Waals surface area (Å²) in [7, 11) is 0. The van der Waals surface area contributed by atoms with Gasteiger partial charge in [0.05, 0.1) is 5.92 Å². The molecule has 172 valence electrons. The highest BCUT2D eigenvalue weighted by Crippen LogP contribution is 2.28. The van der Waals surface area contributed by atoms with Crippen molar-refractivity contribution in [3.63, 3.8) is 0 Å². The molecule has 0 spiro atoms. The molecule has 2 N–H and O–H groups in total. The number of carboxylic acids is 1. The van der Waals surface area contributed by atoms with Crippen molar-refractivity contribution in [2.45, 2.75) is 58.6 Å². The summed E-state index contributed by atoms with van der Waals surface area (Å²) < 4.78 is 5.67. The Morgan fingerprint density at radius 3 is 2.56 bits per heavy atom. The first-order valence-corrected chi connectivity index (χ1v) is 11.3. The Morgan fingerprint density at radius 1 is 1.19 bits per heavy atom. The van der Waals surface area contributed by atoms with Crippen LogP contribution in [-0.2, 0) is 16.1 Å². The lowest BCUT2D eigenvalue weighted by molar-refractivity contribution is -0.152. The molecule has 6 nitrogen and oxygen atoms in total. The maximum atomic E-state index is 12.8. The van der Waals surface area contributed by atoms with Crippen LogP contribution in [0.1, 0.15) is 57.6 Å². The van der Waals surface area contributed by atoms with E-state index < -0.39 is 11.6 Å². The molecule has 0 radical (unpaired) electrons. The molecule has 1 heterocycles. The number of anilines is 1. The van der Waals surface area contributed by atoms with Gasteiger partial charge in [-0.2, -0.15) is 0 Å². The van der Waals surface area contributed by atoms with Crippen molar-refractivity contribution in [2.75, 3.05) is 18.0 Å². The summed E-state index contributed by atoms with van der Waals surface area (Å²) in [6.45, 7) is 9.40. The Bertz CT molecular complexity index is 937. The molecule has 3 rings (SSSR count). The molecule has 1 atom stereocenters. The molecule has 1 amide bonds. The lowest BCUT2D eigenvalue weighted by Gasteiger charge is -2.34. The van der Waals surface area contributed by atoms with Crippen LogP contribution in [0, 0.1) is 5.92 Å². The Labute approximate surface area is 190 Å². The SMILES string of the molecule is CC(C)c1ccc(CNC(=O)[C@H]2CCCN(c3cccc(OC(C)(C)C(=O)O)c3)C2)cc1. The van der Waals surface area contributed by atoms with Gasteiger partial charge in [0.15, 0.2) is 5.60 Å². The number of piperidine rings is 1. The number of rotatable bonds is 8. The molecule has 32 heavy (non-hydrogen) atoms. The van der Waals surface area contributed by atoms with E-state index in [0.29, 0.717) is 24.8 Å². The van der Waals surface area contributed by atoms with Gasteiger partial charge in [-0.3, -0.25) is 4.79 Å². The first-order chi connectivity index (χ1) is 15.2. The number of nitrogens with one attached hydrogen (secondary N) is 1. The van der Waals surface area contributed by atoms with Gasteiger partial charge < -0.3 is 20.1 Å². The predicted molar refractivity (Wildman–Crippen MR) is 126 cm³/mol. The van der Waals surface area contributed by atoms with Gasteiger partial charge in [0.25, 0.3) is 0 Å². The quantitative estimate of drug-likeness (QED) is 0.630. The number of benzene rings is 2. The van der Waals surface area contributed by atoms with Crippen LogP contribution in [0.15, 0.2) is 48.5 Å². The highest BCUT2D eigenvalue weighted by Gasteiger charge is 2.30. The summed E-state index contributed by atoms with van der Waals surface area (Å²) in [5.74, 6) is -0.0329. The number of aliphatic carboxylic acids is 1. The maximum absolute atomic E-state index is 12.8. The van der Waals surface area contributed by atoms with Crippen LogP contribution in [0.25, 0.3) is 0 Å². The monoisotopic (exact) mass is 438 g/mol. The minimum atomic E-state index is -1.31. The maximum Gasteiger partial charge on any atom is 0.347 e. The summed E-state index contributed by atoms with van der Waals surface area (Å²) in [5.41, 5.74) is 2.02. The molecule has 2 aromatic rings. The van der Waals surface area contributed by atoms with Gasteiger partial charge in [-0.25, -0.2) is 4.79 Å². The minimum absolute atomic E-state index is 0.0713. The predicted octanol–water partition coefficient (Wildman–Crippen LogP) is 4.58. The van der Waals surface area contributed by atoms with Crippen molar-refractivity contribution in [3.8, 4) is 5.75 Å². The number of carboxylic acid groups (broad SMARTS) is 1. The standard InChI is InChI=1S/C26H34N2O4/c1-18(2)20-12-10-19(11-13-20)16-27-24(29)21-7-6-14-28(17-21)22-8-5-9-23(15-22)32-26(3,4)25(30)31/h5,8-13,15,18,21H,6-7,14,16-17H2,1-4H3,(H,27,29)(H,30,31)/t21-/m0/s1. The van der Waals surface area contributed by atoms with E-state index in [2.05, 4.69) is 48.3 Å². The zero-order chi connectivity index (χ0) is 23.3. The number of amides is 1. The smallest absolute Gasteiger partial charge is 0.347 e. The first-order valence-electron chi connectivity index (χ1n) is 11.3. The van der Waals surface area contributed by atoms with Gasteiger partial charge in [0.2, 0.25) is 5.91 Å². The number of nitrogens with zero attached hydrogens (tertiary/aromatic N) is 1. The van der Waals surface area contributed by atoms with Gasteiger partial charge in [0, 0.05) is 31.4 Å². The summed E-state index contributed by atoms with van der Waals surface area (Å²) in [4.78, 5) is 26.4. The molecule has 2 aromatic carbocycles. The van der Waals surface area contributed by atoms with Gasteiger partial charge in [-0.05, 0) is 55.9 Å². The van der Waals surface area contributed by atoms with Crippen molar-refractivity contribution in [2.24, 2.45) is 5.92 Å². The second-order valence-electron chi connectivity index (χ2n) is 9.31. The van der Waals surface area contributed by atoms with E-state index in [4.69, 9.17) is 4.74 Å². The van der Waals surface area contributed by atoms with Crippen molar-refractivity contribution >= 4 is 17.6 Å². The molecule has 0 saturated carbocycles. The van der Waals surface area contributed by atoms with E-state index >= 15 is 0 Å². The van der Waals surface area contributed by atoms with Crippen LogP contribution in [0.4, 0.5) is 5.69 Å². The number of hydrogen-bond donors (Lipinski definition) is 2. The molecular weight excluding hydrogens is 404 g/mol. The van der Waals surface area contributed by atoms with E-state index in [1.807, 2.05) is 18.2 Å². The first kappa shape index (κ1) is 23.6. The van der Waals surface area contributed by atoms with Gasteiger partial charge in [0.1, 0.15) is 5.75 Å². The van der Waals surface area contributed by atoms with Crippen LogP contribution in [0.5, 0.6) is 5.75 Å². The Morgan fingerprint density at radius 2 is 1.91 bits per heavy atom. The summed E-state index contributed by atoms with van der Waals surface area (Å²) in [6, 6.07) is 15.8.